The second-order valence-electron chi connectivity index (χ2n) is 5.75. The van der Waals surface area contributed by atoms with Crippen molar-refractivity contribution in [1.29, 1.82) is 0 Å². The van der Waals surface area contributed by atoms with E-state index >= 15 is 0 Å². The molecular formula is C14H11B3N4O3. The van der Waals surface area contributed by atoms with Gasteiger partial charge in [0.25, 0.3) is 5.56 Å². The Balaban J connectivity index is 2.32. The Bertz CT molecular complexity index is 957. The molecule has 0 bridgehead atoms. The highest BCUT2D eigenvalue weighted by molar-refractivity contribution is 6.52. The highest BCUT2D eigenvalue weighted by Gasteiger charge is 2.36. The van der Waals surface area contributed by atoms with Gasteiger partial charge >= 0.3 is 0 Å². The average molecular weight is 316 g/mol. The number of nitrogens with one attached hydrogen (secondary N) is 1. The van der Waals surface area contributed by atoms with Gasteiger partial charge in [0.2, 0.25) is 11.8 Å². The lowest BCUT2D eigenvalue weighted by Gasteiger charge is -2.30. The van der Waals surface area contributed by atoms with Crippen molar-refractivity contribution >= 4 is 62.9 Å². The third-order valence-corrected chi connectivity index (χ3v) is 4.12. The number of hydrogen-bond donors (Lipinski definition) is 2. The molecule has 2 unspecified atom stereocenters. The zero-order valence-electron chi connectivity index (χ0n) is 12.9. The predicted octanol–water partition coefficient (Wildman–Crippen LogP) is -2.58. The van der Waals surface area contributed by atoms with Gasteiger partial charge in [0.1, 0.15) is 27.6 Å². The first-order valence-corrected chi connectivity index (χ1v) is 7.18. The zero-order valence-corrected chi connectivity index (χ0v) is 12.9. The van der Waals surface area contributed by atoms with Crippen molar-refractivity contribution in [2.75, 3.05) is 5.73 Å². The van der Waals surface area contributed by atoms with Crippen LogP contribution < -0.4 is 27.5 Å². The SMILES string of the molecule is [B]c1cc2nc(C)n(C3C(=O)NC(=O)CC3[B])c(=O)c2c(N)c1[B]. The summed E-state index contributed by atoms with van der Waals surface area (Å²) in [6.07, 6.45) is -0.0836. The molecule has 1 fully saturated rings. The number of carbonyl (C=O) groups is 2. The number of rotatable bonds is 1. The van der Waals surface area contributed by atoms with Crippen molar-refractivity contribution in [2.45, 2.75) is 25.2 Å². The molecule has 10 heteroatoms. The van der Waals surface area contributed by atoms with Gasteiger partial charge in [-0.15, -0.1) is 0 Å². The van der Waals surface area contributed by atoms with Gasteiger partial charge in [-0.05, 0) is 18.8 Å². The molecule has 1 aliphatic heterocycles. The summed E-state index contributed by atoms with van der Waals surface area (Å²) in [7, 11) is 17.5. The van der Waals surface area contributed by atoms with Crippen molar-refractivity contribution < 1.29 is 9.59 Å². The van der Waals surface area contributed by atoms with Gasteiger partial charge in [-0.3, -0.25) is 24.3 Å². The van der Waals surface area contributed by atoms with E-state index in [4.69, 9.17) is 29.3 Å². The third-order valence-electron chi connectivity index (χ3n) is 4.12. The van der Waals surface area contributed by atoms with E-state index in [1.165, 1.54) is 6.07 Å². The van der Waals surface area contributed by atoms with E-state index in [-0.39, 0.29) is 39.8 Å². The van der Waals surface area contributed by atoms with Crippen LogP contribution in [0.1, 0.15) is 18.3 Å². The molecule has 2 heterocycles. The van der Waals surface area contributed by atoms with Crippen LogP contribution in [0.15, 0.2) is 10.9 Å². The number of benzene rings is 1. The second-order valence-corrected chi connectivity index (χ2v) is 5.75. The lowest BCUT2D eigenvalue weighted by atomic mass is 9.75. The normalized spacial score (nSPS) is 21.0. The molecular weight excluding hydrogens is 305 g/mol. The molecule has 0 saturated carbocycles. The van der Waals surface area contributed by atoms with Gasteiger partial charge < -0.3 is 5.73 Å². The second kappa shape index (κ2) is 5.54. The molecule has 3 rings (SSSR count). The fourth-order valence-electron chi connectivity index (χ4n) is 2.95. The minimum atomic E-state index is -1.06. The van der Waals surface area contributed by atoms with E-state index in [2.05, 4.69) is 10.3 Å². The summed E-state index contributed by atoms with van der Waals surface area (Å²) in [6.45, 7) is 1.56. The Labute approximate surface area is 141 Å². The molecule has 1 saturated heterocycles. The first-order valence-electron chi connectivity index (χ1n) is 7.18. The maximum absolute atomic E-state index is 12.9. The topological polar surface area (TPSA) is 107 Å². The van der Waals surface area contributed by atoms with Gasteiger partial charge in [0.05, 0.1) is 18.7 Å². The standard InChI is InChI=1S/C14H11B3N4O3/c1-4-19-7-2-5(15)10(17)11(18)9(7)14(24)21(4)12-6(16)3-8(22)20-13(12)23/h2,6,12H,3,18H2,1H3,(H,20,22,23). The van der Waals surface area contributed by atoms with Crippen molar-refractivity contribution in [2.24, 2.45) is 0 Å². The maximum Gasteiger partial charge on any atom is 0.264 e. The number of nitrogens with zero attached hydrogens (tertiary/aromatic N) is 2. The lowest BCUT2D eigenvalue weighted by Crippen LogP contribution is -2.48. The number of fused-ring (bicyclic) bond motifs is 1. The minimum absolute atomic E-state index is 0.00267. The summed E-state index contributed by atoms with van der Waals surface area (Å²) in [5.74, 6) is -1.75. The number of hydrogen-bond acceptors (Lipinski definition) is 5. The van der Waals surface area contributed by atoms with Gasteiger partial charge in [0.15, 0.2) is 0 Å². The summed E-state index contributed by atoms with van der Waals surface area (Å²) in [5.41, 5.74) is 5.91. The number of imide groups is 1. The zero-order chi connectivity index (χ0) is 17.8. The number of amides is 2. The van der Waals surface area contributed by atoms with Crippen LogP contribution in [-0.4, -0.2) is 44.9 Å². The molecule has 6 radical (unpaired) electrons. The van der Waals surface area contributed by atoms with Crippen molar-refractivity contribution in [3.05, 3.63) is 22.2 Å². The smallest absolute Gasteiger partial charge is 0.264 e. The number of nitrogen functional groups attached to an aromatic ring is 1. The summed E-state index contributed by atoms with van der Waals surface area (Å²) < 4.78 is 1.14. The summed E-state index contributed by atoms with van der Waals surface area (Å²) in [6, 6.07) is 0.384. The molecule has 24 heavy (non-hydrogen) atoms. The summed E-state index contributed by atoms with van der Waals surface area (Å²) >= 11 is 0. The highest BCUT2D eigenvalue weighted by Crippen LogP contribution is 2.28. The van der Waals surface area contributed by atoms with E-state index in [9.17, 15) is 14.4 Å². The van der Waals surface area contributed by atoms with Gasteiger partial charge in [-0.25, -0.2) is 4.98 Å². The molecule has 3 N–H and O–H groups in total. The van der Waals surface area contributed by atoms with Gasteiger partial charge in [-0.2, -0.15) is 0 Å². The molecule has 0 aliphatic carbocycles. The van der Waals surface area contributed by atoms with Gasteiger partial charge in [-0.1, -0.05) is 10.9 Å². The number of aromatic nitrogens is 2. The number of carbonyl (C=O) groups excluding carboxylic acids is 2. The molecule has 114 valence electrons. The van der Waals surface area contributed by atoms with Crippen LogP contribution in [0.4, 0.5) is 5.69 Å². The fraction of sp³-hybridized carbons (Fsp3) is 0.286. The first-order chi connectivity index (χ1) is 11.2. The van der Waals surface area contributed by atoms with Crippen LogP contribution in [0.2, 0.25) is 5.82 Å². The minimum Gasteiger partial charge on any atom is -0.399 e. The number of aryl methyl sites for hydroxylation is 1. The maximum atomic E-state index is 12.9. The molecule has 1 aliphatic rings. The van der Waals surface area contributed by atoms with E-state index < -0.39 is 29.2 Å². The molecule has 2 amide bonds. The molecule has 1 aromatic carbocycles. The van der Waals surface area contributed by atoms with Crippen molar-refractivity contribution in [3.8, 4) is 0 Å². The van der Waals surface area contributed by atoms with E-state index in [0.29, 0.717) is 0 Å². The van der Waals surface area contributed by atoms with Crippen molar-refractivity contribution in [3.63, 3.8) is 0 Å². The van der Waals surface area contributed by atoms with Crippen LogP contribution in [0.25, 0.3) is 10.9 Å². The van der Waals surface area contributed by atoms with Crippen LogP contribution in [0, 0.1) is 6.92 Å². The molecule has 2 aromatic rings. The van der Waals surface area contributed by atoms with Crippen molar-refractivity contribution in [1.82, 2.24) is 14.9 Å². The Kier molecular flexibility index (Phi) is 3.78. The quantitative estimate of drug-likeness (QED) is 0.341. The van der Waals surface area contributed by atoms with Gasteiger partial charge in [0, 0.05) is 12.1 Å². The Morgan fingerprint density at radius 3 is 2.62 bits per heavy atom. The van der Waals surface area contributed by atoms with E-state index in [1.54, 1.807) is 6.92 Å². The number of piperidine rings is 1. The Morgan fingerprint density at radius 2 is 2.00 bits per heavy atom. The average Bonchev–Trinajstić information content (AvgIpc) is 2.46. The van der Waals surface area contributed by atoms with E-state index in [0.717, 1.165) is 4.57 Å². The monoisotopic (exact) mass is 316 g/mol. The number of anilines is 1. The molecule has 2 atom stereocenters. The summed E-state index contributed by atoms with van der Waals surface area (Å²) in [5, 5.41) is 2.23. The Hall–Kier alpha value is -2.51. The largest absolute Gasteiger partial charge is 0.399 e. The fourth-order valence-corrected chi connectivity index (χ4v) is 2.95. The third kappa shape index (κ3) is 2.33. The van der Waals surface area contributed by atoms with Crippen LogP contribution in [-0.2, 0) is 9.59 Å². The van der Waals surface area contributed by atoms with E-state index in [1.807, 2.05) is 0 Å². The first kappa shape index (κ1) is 16.4. The Morgan fingerprint density at radius 1 is 1.33 bits per heavy atom. The predicted molar refractivity (Wildman–Crippen MR) is 92.2 cm³/mol. The molecule has 0 spiro atoms. The lowest BCUT2D eigenvalue weighted by molar-refractivity contribution is -0.135. The summed E-state index contributed by atoms with van der Waals surface area (Å²) in [4.78, 5) is 40.8. The highest BCUT2D eigenvalue weighted by atomic mass is 16.2. The number of nitrogens with two attached hydrogens (primary N) is 1. The molecule has 1 aromatic heterocycles. The van der Waals surface area contributed by atoms with Crippen LogP contribution in [0.5, 0.6) is 0 Å². The van der Waals surface area contributed by atoms with Crippen LogP contribution in [0.3, 0.4) is 0 Å². The molecule has 7 nitrogen and oxygen atoms in total. The van der Waals surface area contributed by atoms with Crippen LogP contribution >= 0.6 is 0 Å².